The topological polar surface area (TPSA) is 26.0 Å². The van der Waals surface area contributed by atoms with Gasteiger partial charge in [-0.2, -0.15) is 8.78 Å². The molecule has 13 heavy (non-hydrogen) atoms. The molecule has 1 nitrogen and oxygen atoms in total. The van der Waals surface area contributed by atoms with Gasteiger partial charge in [0.2, 0.25) is 0 Å². The van der Waals surface area contributed by atoms with Crippen LogP contribution in [0.15, 0.2) is 22.7 Å². The fourth-order valence-corrected chi connectivity index (χ4v) is 1.23. The zero-order valence-corrected chi connectivity index (χ0v) is 8.11. The largest absolute Gasteiger partial charge is 0.325 e. The monoisotopic (exact) mass is 253 g/mol. The van der Waals surface area contributed by atoms with Crippen molar-refractivity contribution < 1.29 is 13.2 Å². The van der Waals surface area contributed by atoms with Gasteiger partial charge in [-0.25, -0.2) is 4.39 Å². The first-order chi connectivity index (χ1) is 5.97. The Morgan fingerprint density at radius 2 is 2.00 bits per heavy atom. The molecule has 0 bridgehead atoms. The minimum absolute atomic E-state index is 0.418. The van der Waals surface area contributed by atoms with Crippen LogP contribution in [-0.4, -0.2) is 6.54 Å². The fraction of sp³-hybridized carbons (Fsp3) is 0.250. The zero-order chi connectivity index (χ0) is 10.1. The van der Waals surface area contributed by atoms with Crippen LogP contribution in [0.2, 0.25) is 0 Å². The molecule has 0 amide bonds. The predicted molar refractivity (Wildman–Crippen MR) is 47.0 cm³/mol. The first-order valence-electron chi connectivity index (χ1n) is 3.51. The minimum atomic E-state index is -3.30. The highest BCUT2D eigenvalue weighted by Gasteiger charge is 2.32. The number of halogens is 4. The van der Waals surface area contributed by atoms with Crippen molar-refractivity contribution in [1.82, 2.24) is 0 Å². The summed E-state index contributed by atoms with van der Waals surface area (Å²) in [5, 5.41) is 0. The van der Waals surface area contributed by atoms with E-state index in [1.165, 1.54) is 6.07 Å². The Hall–Kier alpha value is -0.550. The van der Waals surface area contributed by atoms with Gasteiger partial charge >= 0.3 is 0 Å². The van der Waals surface area contributed by atoms with E-state index in [4.69, 9.17) is 5.73 Å². The second kappa shape index (κ2) is 3.67. The molecule has 0 fully saturated rings. The molecule has 0 aliphatic carbocycles. The number of hydrogen-bond donors (Lipinski definition) is 1. The lowest BCUT2D eigenvalue weighted by atomic mass is 10.1. The Labute approximate surface area is 81.9 Å². The van der Waals surface area contributed by atoms with Crippen LogP contribution in [0.5, 0.6) is 0 Å². The van der Waals surface area contributed by atoms with E-state index in [0.29, 0.717) is 4.47 Å². The molecule has 0 aliphatic rings. The van der Waals surface area contributed by atoms with E-state index >= 15 is 0 Å². The van der Waals surface area contributed by atoms with Crippen molar-refractivity contribution >= 4 is 15.9 Å². The van der Waals surface area contributed by atoms with E-state index in [0.717, 1.165) is 12.1 Å². The van der Waals surface area contributed by atoms with Crippen molar-refractivity contribution in [2.24, 2.45) is 5.73 Å². The molecule has 0 unspecified atom stereocenters. The third kappa shape index (κ3) is 2.22. The molecule has 0 aliphatic heterocycles. The second-order valence-corrected chi connectivity index (χ2v) is 3.45. The molecule has 2 N–H and O–H groups in total. The van der Waals surface area contributed by atoms with Crippen LogP contribution >= 0.6 is 15.9 Å². The van der Waals surface area contributed by atoms with Crippen LogP contribution in [0.1, 0.15) is 5.56 Å². The first-order valence-corrected chi connectivity index (χ1v) is 4.30. The normalized spacial score (nSPS) is 11.8. The van der Waals surface area contributed by atoms with E-state index < -0.39 is 23.8 Å². The van der Waals surface area contributed by atoms with Crippen molar-refractivity contribution in [1.29, 1.82) is 0 Å². The van der Waals surface area contributed by atoms with Gasteiger partial charge in [-0.15, -0.1) is 0 Å². The number of rotatable bonds is 2. The average molecular weight is 254 g/mol. The van der Waals surface area contributed by atoms with Gasteiger partial charge in [-0.05, 0) is 18.2 Å². The Balaban J connectivity index is 3.16. The third-order valence-corrected chi connectivity index (χ3v) is 2.07. The van der Waals surface area contributed by atoms with Crippen molar-refractivity contribution in [3.05, 3.63) is 34.1 Å². The number of alkyl halides is 2. The van der Waals surface area contributed by atoms with Crippen LogP contribution in [0.3, 0.4) is 0 Å². The average Bonchev–Trinajstić information content (AvgIpc) is 2.03. The highest BCUT2D eigenvalue weighted by Crippen LogP contribution is 2.30. The van der Waals surface area contributed by atoms with Gasteiger partial charge in [0.15, 0.2) is 0 Å². The van der Waals surface area contributed by atoms with Crippen LogP contribution < -0.4 is 5.73 Å². The van der Waals surface area contributed by atoms with Crippen molar-refractivity contribution in [2.75, 3.05) is 6.54 Å². The fourth-order valence-electron chi connectivity index (χ4n) is 0.896. The van der Waals surface area contributed by atoms with Gasteiger partial charge in [0, 0.05) is 4.47 Å². The molecular weight excluding hydrogens is 247 g/mol. The van der Waals surface area contributed by atoms with E-state index in [1.54, 1.807) is 0 Å². The van der Waals surface area contributed by atoms with Crippen LogP contribution in [0.4, 0.5) is 13.2 Å². The van der Waals surface area contributed by atoms with Gasteiger partial charge in [0.1, 0.15) is 5.82 Å². The molecule has 0 radical (unpaired) electrons. The summed E-state index contributed by atoms with van der Waals surface area (Å²) in [5.41, 5.74) is 4.15. The third-order valence-electron chi connectivity index (χ3n) is 1.58. The van der Waals surface area contributed by atoms with Gasteiger partial charge in [0.25, 0.3) is 5.92 Å². The number of hydrogen-bond acceptors (Lipinski definition) is 1. The summed E-state index contributed by atoms with van der Waals surface area (Å²) >= 11 is 2.97. The van der Waals surface area contributed by atoms with E-state index in [1.807, 2.05) is 0 Å². The number of nitrogens with two attached hydrogens (primary N) is 1. The highest BCUT2D eigenvalue weighted by atomic mass is 79.9. The van der Waals surface area contributed by atoms with Gasteiger partial charge < -0.3 is 5.73 Å². The molecule has 1 aromatic rings. The summed E-state index contributed by atoms with van der Waals surface area (Å²) in [6.07, 6.45) is 0. The van der Waals surface area contributed by atoms with Gasteiger partial charge in [-0.3, -0.25) is 0 Å². The Bertz CT molecular complexity index is 314. The van der Waals surface area contributed by atoms with E-state index in [-0.39, 0.29) is 0 Å². The molecule has 0 saturated heterocycles. The van der Waals surface area contributed by atoms with Crippen molar-refractivity contribution in [3.8, 4) is 0 Å². The molecule has 72 valence electrons. The van der Waals surface area contributed by atoms with Crippen LogP contribution in [-0.2, 0) is 5.92 Å². The van der Waals surface area contributed by atoms with E-state index in [9.17, 15) is 13.2 Å². The van der Waals surface area contributed by atoms with Crippen LogP contribution in [0, 0.1) is 5.82 Å². The summed E-state index contributed by atoms with van der Waals surface area (Å²) in [6.45, 7) is -0.897. The standard InChI is InChI=1S/C8H7BrF3N/c9-5-1-2-6(7(10)3-5)8(11,12)4-13/h1-3H,4,13H2. The predicted octanol–water partition coefficient (Wildman–Crippen LogP) is 2.64. The zero-order valence-electron chi connectivity index (χ0n) is 6.53. The quantitative estimate of drug-likeness (QED) is 0.862. The molecule has 1 rings (SSSR count). The SMILES string of the molecule is NCC(F)(F)c1ccc(Br)cc1F. The Morgan fingerprint density at radius 1 is 1.38 bits per heavy atom. The lowest BCUT2D eigenvalue weighted by Crippen LogP contribution is -2.26. The summed E-state index contributed by atoms with van der Waals surface area (Å²) < 4.78 is 39.2. The molecule has 1 aromatic carbocycles. The molecular formula is C8H7BrF3N. The minimum Gasteiger partial charge on any atom is -0.325 e. The lowest BCUT2D eigenvalue weighted by molar-refractivity contribution is 0.00237. The van der Waals surface area contributed by atoms with Crippen molar-refractivity contribution in [2.45, 2.75) is 5.92 Å². The Morgan fingerprint density at radius 3 is 2.46 bits per heavy atom. The lowest BCUT2D eigenvalue weighted by Gasteiger charge is -2.14. The Kier molecular flexibility index (Phi) is 2.98. The molecule has 0 aromatic heterocycles. The summed E-state index contributed by atoms with van der Waals surface area (Å²) in [5.74, 6) is -4.25. The summed E-state index contributed by atoms with van der Waals surface area (Å²) in [7, 11) is 0. The maximum absolute atomic E-state index is 13.0. The summed E-state index contributed by atoms with van der Waals surface area (Å²) in [4.78, 5) is 0. The molecule has 5 heteroatoms. The maximum Gasteiger partial charge on any atom is 0.288 e. The molecule has 0 atom stereocenters. The molecule has 0 spiro atoms. The van der Waals surface area contributed by atoms with Gasteiger partial charge in [-0.1, -0.05) is 15.9 Å². The number of benzene rings is 1. The van der Waals surface area contributed by atoms with Crippen LogP contribution in [0.25, 0.3) is 0 Å². The second-order valence-electron chi connectivity index (χ2n) is 2.53. The maximum atomic E-state index is 13.0. The smallest absolute Gasteiger partial charge is 0.288 e. The van der Waals surface area contributed by atoms with Crippen molar-refractivity contribution in [3.63, 3.8) is 0 Å². The summed E-state index contributed by atoms with van der Waals surface area (Å²) in [6, 6.07) is 3.35. The highest BCUT2D eigenvalue weighted by molar-refractivity contribution is 9.10. The van der Waals surface area contributed by atoms with Gasteiger partial charge in [0.05, 0.1) is 12.1 Å². The molecule has 0 heterocycles. The van der Waals surface area contributed by atoms with E-state index in [2.05, 4.69) is 15.9 Å². The molecule has 0 saturated carbocycles. The first kappa shape index (κ1) is 10.5.